The Morgan fingerprint density at radius 1 is 0.904 bits per heavy atom. The Hall–Kier alpha value is -5.39. The molecule has 6 N–H and O–H groups in total. The van der Waals surface area contributed by atoms with E-state index in [1.54, 1.807) is 4.90 Å². The van der Waals surface area contributed by atoms with Crippen molar-refractivity contribution in [3.05, 3.63) is 95.1 Å². The first kappa shape index (κ1) is 35.0. The average Bonchev–Trinajstić information content (AvgIpc) is 3.70. The number of carboxylic acid groups (broad SMARTS) is 1. The van der Waals surface area contributed by atoms with Gasteiger partial charge in [-0.1, -0.05) is 85.6 Å². The fraction of sp³-hybridized carbons (Fsp3) is 0.425. The van der Waals surface area contributed by atoms with Crippen LogP contribution in [0.3, 0.4) is 0 Å². The Morgan fingerprint density at radius 2 is 1.56 bits per heavy atom. The number of hydrogen-bond acceptors (Lipinski definition) is 6. The zero-order chi connectivity index (χ0) is 36.4. The molecule has 0 radical (unpaired) electrons. The largest absolute Gasteiger partial charge is 0.480 e. The van der Waals surface area contributed by atoms with E-state index in [-0.39, 0.29) is 55.7 Å². The molecule has 2 aliphatic carbocycles. The number of ether oxygens (including phenoxy) is 1. The molecular formula is C40H46N6O6. The monoisotopic (exact) mass is 706 g/mol. The minimum absolute atomic E-state index is 0.107. The number of hydrogen-bond donors (Lipinski definition) is 5. The summed E-state index contributed by atoms with van der Waals surface area (Å²) in [4.78, 5) is 58.4. The molecule has 0 bridgehead atoms. The van der Waals surface area contributed by atoms with Gasteiger partial charge < -0.3 is 31.1 Å². The van der Waals surface area contributed by atoms with Crippen LogP contribution in [0.2, 0.25) is 0 Å². The predicted octanol–water partition coefficient (Wildman–Crippen LogP) is 4.35. The lowest BCUT2D eigenvalue weighted by Gasteiger charge is -2.41. The molecule has 3 amide bonds. The number of fused-ring (bicyclic) bond motifs is 5. The summed E-state index contributed by atoms with van der Waals surface area (Å²) in [6.07, 6.45) is 4.17. The second-order valence-corrected chi connectivity index (χ2v) is 14.4. The fourth-order valence-corrected chi connectivity index (χ4v) is 8.85. The predicted molar refractivity (Wildman–Crippen MR) is 194 cm³/mol. The zero-order valence-electron chi connectivity index (χ0n) is 29.1. The summed E-state index contributed by atoms with van der Waals surface area (Å²) in [6.45, 7) is 0.601. The van der Waals surface area contributed by atoms with Crippen LogP contribution in [0.5, 0.6) is 0 Å². The van der Waals surface area contributed by atoms with E-state index in [0.717, 1.165) is 59.1 Å². The van der Waals surface area contributed by atoms with Crippen molar-refractivity contribution < 1.29 is 29.0 Å². The molecule has 12 nitrogen and oxygen atoms in total. The number of amides is 3. The van der Waals surface area contributed by atoms with Crippen molar-refractivity contribution in [2.75, 3.05) is 13.2 Å². The van der Waals surface area contributed by atoms with E-state index in [0.29, 0.717) is 19.4 Å². The molecule has 12 heteroatoms. The Balaban J connectivity index is 1.13. The first-order valence-corrected chi connectivity index (χ1v) is 18.3. The highest BCUT2D eigenvalue weighted by Crippen LogP contribution is 2.45. The standard InChI is InChI=1S/C40H46N6O6/c41-39(42)43-19-9-17-32(38(49)50)44-36(47)34-21-25-11-3-8-18-33(25)46(34)37(48)35-20-24-10-1-2-12-26(24)22-45(35)40(51)52-23-31-29-15-6-4-13-27(29)28-14-5-7-16-30(28)31/h1-2,4-7,10,12-16,25,31-35H,3,8-9,11,17-23H2,(H,44,47)(H,49,50)(H4,41,42,43)/t25?,32-,33?,34-,35+/m0/s1. The molecule has 272 valence electrons. The van der Waals surface area contributed by atoms with Gasteiger partial charge in [0, 0.05) is 24.9 Å². The highest BCUT2D eigenvalue weighted by molar-refractivity contribution is 5.94. The van der Waals surface area contributed by atoms with E-state index >= 15 is 0 Å². The molecule has 0 spiro atoms. The lowest BCUT2D eigenvalue weighted by Crippen LogP contribution is -2.59. The molecule has 2 aliphatic heterocycles. The van der Waals surface area contributed by atoms with Gasteiger partial charge in [0.05, 0.1) is 6.54 Å². The molecular weight excluding hydrogens is 660 g/mol. The van der Waals surface area contributed by atoms with Crippen molar-refractivity contribution in [1.29, 1.82) is 5.41 Å². The maximum Gasteiger partial charge on any atom is 0.410 e. The molecule has 3 aromatic carbocycles. The second kappa shape index (κ2) is 15.1. The Morgan fingerprint density at radius 3 is 2.25 bits per heavy atom. The third-order valence-electron chi connectivity index (χ3n) is 11.3. The SMILES string of the molecule is N=C(N)NCCC[C@H](NC(=O)[C@@H]1CC2CCCCC2N1C(=O)[C@H]1Cc2ccccc2CN1C(=O)OCC1c2ccccc2-c2ccccc21)C(=O)O. The van der Waals surface area contributed by atoms with Gasteiger partial charge in [-0.2, -0.15) is 0 Å². The fourth-order valence-electron chi connectivity index (χ4n) is 8.85. The molecule has 7 rings (SSSR count). The van der Waals surface area contributed by atoms with Gasteiger partial charge in [0.15, 0.2) is 5.96 Å². The molecule has 0 aromatic heterocycles. The van der Waals surface area contributed by atoms with Crippen LogP contribution in [0.25, 0.3) is 11.1 Å². The number of rotatable bonds is 10. The summed E-state index contributed by atoms with van der Waals surface area (Å²) in [5.41, 5.74) is 11.7. The van der Waals surface area contributed by atoms with Gasteiger partial charge in [-0.25, -0.2) is 9.59 Å². The molecule has 1 saturated carbocycles. The molecule has 2 fully saturated rings. The normalized spacial score (nSPS) is 22.3. The Kier molecular flexibility index (Phi) is 10.2. The lowest BCUT2D eigenvalue weighted by atomic mass is 9.84. The van der Waals surface area contributed by atoms with Crippen LogP contribution in [-0.4, -0.2) is 82.1 Å². The van der Waals surface area contributed by atoms with Crippen molar-refractivity contribution in [2.45, 2.75) is 88.0 Å². The minimum Gasteiger partial charge on any atom is -0.480 e. The van der Waals surface area contributed by atoms with E-state index in [1.165, 1.54) is 4.90 Å². The summed E-state index contributed by atoms with van der Waals surface area (Å²) >= 11 is 0. The number of carbonyl (C=O) groups excluding carboxylic acids is 3. The molecule has 52 heavy (non-hydrogen) atoms. The zero-order valence-corrected chi connectivity index (χ0v) is 29.1. The molecule has 4 aliphatic rings. The van der Waals surface area contributed by atoms with Crippen molar-refractivity contribution in [2.24, 2.45) is 11.7 Å². The lowest BCUT2D eigenvalue weighted by molar-refractivity contribution is -0.147. The molecule has 2 heterocycles. The summed E-state index contributed by atoms with van der Waals surface area (Å²) < 4.78 is 6.10. The smallest absolute Gasteiger partial charge is 0.410 e. The van der Waals surface area contributed by atoms with Crippen molar-refractivity contribution in [3.63, 3.8) is 0 Å². The van der Waals surface area contributed by atoms with Gasteiger partial charge in [0.1, 0.15) is 24.7 Å². The molecule has 5 atom stereocenters. The Labute approximate surface area is 303 Å². The Bertz CT molecular complexity index is 1820. The third-order valence-corrected chi connectivity index (χ3v) is 11.3. The van der Waals surface area contributed by atoms with E-state index in [4.69, 9.17) is 15.9 Å². The second-order valence-electron chi connectivity index (χ2n) is 14.4. The third kappa shape index (κ3) is 6.93. The van der Waals surface area contributed by atoms with Crippen molar-refractivity contribution in [1.82, 2.24) is 20.4 Å². The number of guanidine groups is 1. The highest BCUT2D eigenvalue weighted by Gasteiger charge is 2.51. The maximum atomic E-state index is 14.9. The summed E-state index contributed by atoms with van der Waals surface area (Å²) in [5.74, 6) is -2.23. The van der Waals surface area contributed by atoms with Crippen LogP contribution >= 0.6 is 0 Å². The molecule has 2 unspecified atom stereocenters. The van der Waals surface area contributed by atoms with Crippen LogP contribution < -0.4 is 16.4 Å². The van der Waals surface area contributed by atoms with Gasteiger partial charge in [0.25, 0.3) is 0 Å². The van der Waals surface area contributed by atoms with Gasteiger partial charge in [-0.3, -0.25) is 19.9 Å². The molecule has 1 saturated heterocycles. The number of nitrogens with zero attached hydrogens (tertiary/aromatic N) is 2. The highest BCUT2D eigenvalue weighted by atomic mass is 16.6. The quantitative estimate of drug-likeness (QED) is 0.117. The first-order chi connectivity index (χ1) is 25.2. The maximum absolute atomic E-state index is 14.9. The van der Waals surface area contributed by atoms with Crippen LogP contribution in [0, 0.1) is 11.3 Å². The number of carboxylic acids is 1. The van der Waals surface area contributed by atoms with Crippen LogP contribution in [-0.2, 0) is 32.1 Å². The van der Waals surface area contributed by atoms with Crippen LogP contribution in [0.1, 0.15) is 73.1 Å². The van der Waals surface area contributed by atoms with Gasteiger partial charge >= 0.3 is 12.1 Å². The van der Waals surface area contributed by atoms with Crippen molar-refractivity contribution in [3.8, 4) is 11.1 Å². The van der Waals surface area contributed by atoms with E-state index in [9.17, 15) is 24.3 Å². The van der Waals surface area contributed by atoms with Crippen molar-refractivity contribution >= 4 is 29.8 Å². The minimum atomic E-state index is -1.17. The van der Waals surface area contributed by atoms with Crippen LogP contribution in [0.4, 0.5) is 4.79 Å². The summed E-state index contributed by atoms with van der Waals surface area (Å²) in [7, 11) is 0. The first-order valence-electron chi connectivity index (χ1n) is 18.3. The number of nitrogens with two attached hydrogens (primary N) is 1. The summed E-state index contributed by atoms with van der Waals surface area (Å²) in [5, 5.41) is 22.6. The van der Waals surface area contributed by atoms with Gasteiger partial charge in [0.2, 0.25) is 11.8 Å². The number of benzene rings is 3. The van der Waals surface area contributed by atoms with Gasteiger partial charge in [-0.15, -0.1) is 0 Å². The van der Waals surface area contributed by atoms with Gasteiger partial charge in [-0.05, 0) is 71.4 Å². The topological polar surface area (TPSA) is 178 Å². The summed E-state index contributed by atoms with van der Waals surface area (Å²) in [6, 6.07) is 20.9. The molecule has 3 aromatic rings. The average molecular weight is 707 g/mol. The number of aliphatic carboxylic acids is 1. The number of nitrogens with one attached hydrogen (secondary N) is 3. The van der Waals surface area contributed by atoms with E-state index in [1.807, 2.05) is 48.5 Å². The van der Waals surface area contributed by atoms with E-state index < -0.39 is 36.1 Å². The number of carbonyl (C=O) groups is 4. The van der Waals surface area contributed by atoms with Crippen LogP contribution in [0.15, 0.2) is 72.8 Å². The number of likely N-dealkylation sites (tertiary alicyclic amines) is 1. The van der Waals surface area contributed by atoms with E-state index in [2.05, 4.69) is 34.9 Å².